The summed E-state index contributed by atoms with van der Waals surface area (Å²) in [6, 6.07) is 7.06. The van der Waals surface area contributed by atoms with Crippen molar-refractivity contribution in [2.75, 3.05) is 31.6 Å². The first kappa shape index (κ1) is 18.1. The Balaban J connectivity index is 1.98. The molecule has 0 unspecified atom stereocenters. The summed E-state index contributed by atoms with van der Waals surface area (Å²) in [5.41, 5.74) is 1.47. The van der Waals surface area contributed by atoms with E-state index in [1.165, 1.54) is 16.7 Å². The van der Waals surface area contributed by atoms with Crippen molar-refractivity contribution in [1.82, 2.24) is 9.88 Å². The molecule has 128 valence electrons. The smallest absolute Gasteiger partial charge is 0.355 e. The molecule has 1 aromatic carbocycles. The van der Waals surface area contributed by atoms with Crippen molar-refractivity contribution in [3.05, 3.63) is 35.3 Å². The molecule has 2 aromatic rings. The van der Waals surface area contributed by atoms with Crippen molar-refractivity contribution in [2.24, 2.45) is 0 Å². The molecule has 0 aliphatic carbocycles. The van der Waals surface area contributed by atoms with Crippen LogP contribution in [0.4, 0.5) is 5.69 Å². The molecule has 0 fully saturated rings. The predicted octanol–water partition coefficient (Wildman–Crippen LogP) is 1.76. The normalized spacial score (nSPS) is 10.8. The van der Waals surface area contributed by atoms with Gasteiger partial charge in [-0.25, -0.2) is 9.78 Å². The second-order valence-corrected chi connectivity index (χ2v) is 5.92. The van der Waals surface area contributed by atoms with Gasteiger partial charge in [0.2, 0.25) is 5.91 Å². The lowest BCUT2D eigenvalue weighted by molar-refractivity contribution is -0.117. The molecule has 0 atom stereocenters. The number of carbonyl (C=O) groups excluding carboxylic acids is 1. The SMILES string of the molecule is CCN(CCO)CC(=O)Nc1ccc(-c2nc(C(=O)O)cs2)cc1. The zero-order valence-corrected chi connectivity index (χ0v) is 14.0. The van der Waals surface area contributed by atoms with Gasteiger partial charge in [-0.1, -0.05) is 6.92 Å². The highest BCUT2D eigenvalue weighted by molar-refractivity contribution is 7.13. The van der Waals surface area contributed by atoms with Crippen LogP contribution >= 0.6 is 11.3 Å². The summed E-state index contributed by atoms with van der Waals surface area (Å²) in [4.78, 5) is 28.7. The molecule has 0 aliphatic rings. The Morgan fingerprint density at radius 1 is 1.29 bits per heavy atom. The highest BCUT2D eigenvalue weighted by Gasteiger charge is 2.11. The Morgan fingerprint density at radius 2 is 2.00 bits per heavy atom. The molecular weight excluding hydrogens is 330 g/mol. The quantitative estimate of drug-likeness (QED) is 0.671. The van der Waals surface area contributed by atoms with Gasteiger partial charge in [0.25, 0.3) is 0 Å². The van der Waals surface area contributed by atoms with Gasteiger partial charge in [-0.15, -0.1) is 11.3 Å². The molecule has 1 amide bonds. The van der Waals surface area contributed by atoms with Crippen LogP contribution in [0.15, 0.2) is 29.6 Å². The minimum Gasteiger partial charge on any atom is -0.476 e. The number of carboxylic acid groups (broad SMARTS) is 1. The molecule has 1 aromatic heterocycles. The van der Waals surface area contributed by atoms with Crippen LogP contribution in [0.3, 0.4) is 0 Å². The third kappa shape index (κ3) is 4.85. The van der Waals surface area contributed by atoms with E-state index in [1.54, 1.807) is 24.3 Å². The minimum atomic E-state index is -1.05. The summed E-state index contributed by atoms with van der Waals surface area (Å²) < 4.78 is 0. The molecule has 0 saturated carbocycles. The van der Waals surface area contributed by atoms with Gasteiger partial charge in [-0.3, -0.25) is 9.69 Å². The van der Waals surface area contributed by atoms with E-state index < -0.39 is 5.97 Å². The number of thiazole rings is 1. The molecule has 0 radical (unpaired) electrons. The fourth-order valence-electron chi connectivity index (χ4n) is 2.09. The summed E-state index contributed by atoms with van der Waals surface area (Å²) in [6.45, 7) is 3.30. The number of hydrogen-bond acceptors (Lipinski definition) is 6. The summed E-state index contributed by atoms with van der Waals surface area (Å²) in [5.74, 6) is -1.20. The van der Waals surface area contributed by atoms with Gasteiger partial charge < -0.3 is 15.5 Å². The average Bonchev–Trinajstić information content (AvgIpc) is 3.05. The molecule has 7 nitrogen and oxygen atoms in total. The fourth-order valence-corrected chi connectivity index (χ4v) is 2.89. The molecule has 24 heavy (non-hydrogen) atoms. The van der Waals surface area contributed by atoms with Crippen LogP contribution in [0.1, 0.15) is 17.4 Å². The minimum absolute atomic E-state index is 0.0158. The first-order valence-electron chi connectivity index (χ1n) is 7.45. The van der Waals surface area contributed by atoms with Crippen LogP contribution in [-0.2, 0) is 4.79 Å². The van der Waals surface area contributed by atoms with E-state index in [1.807, 2.05) is 11.8 Å². The number of likely N-dealkylation sites (N-methyl/N-ethyl adjacent to an activating group) is 1. The number of aliphatic hydroxyl groups excluding tert-OH is 1. The fraction of sp³-hybridized carbons (Fsp3) is 0.312. The maximum Gasteiger partial charge on any atom is 0.355 e. The number of amides is 1. The van der Waals surface area contributed by atoms with Gasteiger partial charge in [0.05, 0.1) is 13.2 Å². The van der Waals surface area contributed by atoms with Gasteiger partial charge in [-0.2, -0.15) is 0 Å². The number of aromatic nitrogens is 1. The van der Waals surface area contributed by atoms with Crippen molar-refractivity contribution in [2.45, 2.75) is 6.92 Å². The number of nitrogens with zero attached hydrogens (tertiary/aromatic N) is 2. The van der Waals surface area contributed by atoms with Crippen molar-refractivity contribution in [1.29, 1.82) is 0 Å². The van der Waals surface area contributed by atoms with E-state index in [2.05, 4.69) is 10.3 Å². The maximum absolute atomic E-state index is 12.0. The van der Waals surface area contributed by atoms with E-state index in [0.29, 0.717) is 23.8 Å². The highest BCUT2D eigenvalue weighted by Crippen LogP contribution is 2.25. The molecule has 8 heteroatoms. The maximum atomic E-state index is 12.0. The van der Waals surface area contributed by atoms with Crippen molar-refractivity contribution < 1.29 is 19.8 Å². The number of aliphatic hydroxyl groups is 1. The second kappa shape index (κ2) is 8.53. The van der Waals surface area contributed by atoms with Gasteiger partial charge in [-0.05, 0) is 30.8 Å². The summed E-state index contributed by atoms with van der Waals surface area (Å²) >= 11 is 1.26. The Kier molecular flexibility index (Phi) is 6.42. The Labute approximate surface area is 143 Å². The third-order valence-electron chi connectivity index (χ3n) is 3.37. The second-order valence-electron chi connectivity index (χ2n) is 5.06. The van der Waals surface area contributed by atoms with Crippen LogP contribution < -0.4 is 5.32 Å². The van der Waals surface area contributed by atoms with Gasteiger partial charge in [0.15, 0.2) is 5.69 Å². The van der Waals surface area contributed by atoms with Crippen LogP contribution in [0.25, 0.3) is 10.6 Å². The van der Waals surface area contributed by atoms with E-state index in [0.717, 1.165) is 5.56 Å². The lowest BCUT2D eigenvalue weighted by Crippen LogP contribution is -2.35. The van der Waals surface area contributed by atoms with Crippen molar-refractivity contribution in [3.8, 4) is 10.6 Å². The van der Waals surface area contributed by atoms with Crippen LogP contribution in [0, 0.1) is 0 Å². The Hall–Kier alpha value is -2.29. The largest absolute Gasteiger partial charge is 0.476 e. The Morgan fingerprint density at radius 3 is 2.54 bits per heavy atom. The monoisotopic (exact) mass is 349 g/mol. The first-order chi connectivity index (χ1) is 11.5. The summed E-state index contributed by atoms with van der Waals surface area (Å²) in [5, 5.41) is 22.7. The zero-order chi connectivity index (χ0) is 17.5. The van der Waals surface area contributed by atoms with E-state index in [4.69, 9.17) is 10.2 Å². The molecule has 0 bridgehead atoms. The van der Waals surface area contributed by atoms with E-state index in [9.17, 15) is 9.59 Å². The number of rotatable bonds is 8. The number of carboxylic acids is 1. The van der Waals surface area contributed by atoms with Crippen LogP contribution in [0.5, 0.6) is 0 Å². The number of nitrogens with one attached hydrogen (secondary N) is 1. The van der Waals surface area contributed by atoms with E-state index >= 15 is 0 Å². The number of benzene rings is 1. The molecule has 3 N–H and O–H groups in total. The van der Waals surface area contributed by atoms with Crippen molar-refractivity contribution in [3.63, 3.8) is 0 Å². The molecular formula is C16H19N3O4S. The zero-order valence-electron chi connectivity index (χ0n) is 13.2. The predicted molar refractivity (Wildman–Crippen MR) is 92.3 cm³/mol. The van der Waals surface area contributed by atoms with E-state index in [-0.39, 0.29) is 24.8 Å². The number of carbonyl (C=O) groups is 2. The van der Waals surface area contributed by atoms with Crippen molar-refractivity contribution >= 4 is 28.9 Å². The topological polar surface area (TPSA) is 103 Å². The number of hydrogen-bond donors (Lipinski definition) is 3. The standard InChI is InChI=1S/C16H19N3O4S/c1-2-19(7-8-20)9-14(21)17-12-5-3-11(4-6-12)15-18-13(10-24-15)16(22)23/h3-6,10,20H,2,7-9H2,1H3,(H,17,21)(H,22,23). The highest BCUT2D eigenvalue weighted by atomic mass is 32.1. The number of aromatic carboxylic acids is 1. The van der Waals surface area contributed by atoms with Gasteiger partial charge in [0.1, 0.15) is 5.01 Å². The molecule has 0 spiro atoms. The molecule has 0 saturated heterocycles. The van der Waals surface area contributed by atoms with Gasteiger partial charge in [0, 0.05) is 23.2 Å². The Bertz CT molecular complexity index is 700. The average molecular weight is 349 g/mol. The molecule has 2 rings (SSSR count). The lowest BCUT2D eigenvalue weighted by atomic mass is 10.2. The van der Waals surface area contributed by atoms with Crippen LogP contribution in [0.2, 0.25) is 0 Å². The molecule has 0 aliphatic heterocycles. The lowest BCUT2D eigenvalue weighted by Gasteiger charge is -2.18. The van der Waals surface area contributed by atoms with Gasteiger partial charge >= 0.3 is 5.97 Å². The van der Waals surface area contributed by atoms with Crippen LogP contribution in [-0.4, -0.2) is 58.2 Å². The summed E-state index contributed by atoms with van der Waals surface area (Å²) in [6.07, 6.45) is 0. The number of anilines is 1. The molecule has 1 heterocycles. The first-order valence-corrected chi connectivity index (χ1v) is 8.33. The summed E-state index contributed by atoms with van der Waals surface area (Å²) in [7, 11) is 0. The third-order valence-corrected chi connectivity index (χ3v) is 4.26.